The lowest BCUT2D eigenvalue weighted by molar-refractivity contribution is -0.122. The Kier molecular flexibility index (Phi) is 4.39. The molecular weight excluding hydrogens is 331 g/mol. The van der Waals surface area contributed by atoms with Gasteiger partial charge in [0, 0.05) is 13.1 Å². The van der Waals surface area contributed by atoms with Crippen molar-refractivity contribution in [3.63, 3.8) is 0 Å². The van der Waals surface area contributed by atoms with Crippen LogP contribution in [0.3, 0.4) is 0 Å². The molecule has 2 aliphatic rings. The third-order valence-corrected chi connectivity index (χ3v) is 5.04. The van der Waals surface area contributed by atoms with Gasteiger partial charge in [-0.3, -0.25) is 14.5 Å². The molecule has 132 valence electrons. The molecule has 0 aromatic heterocycles. The third-order valence-electron chi connectivity index (χ3n) is 5.04. The number of hydrogen-bond acceptors (Lipinski definition) is 3. The van der Waals surface area contributed by atoms with E-state index in [0.717, 1.165) is 11.3 Å². The lowest BCUT2D eigenvalue weighted by Gasteiger charge is -2.30. The number of amides is 2. The summed E-state index contributed by atoms with van der Waals surface area (Å²) < 4.78 is 14.0. The lowest BCUT2D eigenvalue weighted by Crippen LogP contribution is -2.44. The predicted octanol–water partition coefficient (Wildman–Crippen LogP) is 3.25. The van der Waals surface area contributed by atoms with E-state index in [1.165, 1.54) is 23.3 Å². The van der Waals surface area contributed by atoms with Crippen molar-refractivity contribution < 1.29 is 14.0 Å². The first kappa shape index (κ1) is 16.7. The number of rotatable bonds is 3. The Morgan fingerprint density at radius 1 is 0.962 bits per heavy atom. The normalized spacial score (nSPS) is 21.2. The van der Waals surface area contributed by atoms with Gasteiger partial charge in [0.1, 0.15) is 5.82 Å². The van der Waals surface area contributed by atoms with E-state index in [4.69, 9.17) is 0 Å². The smallest absolute Gasteiger partial charge is 0.251 e. The van der Waals surface area contributed by atoms with Gasteiger partial charge in [-0.1, -0.05) is 48.5 Å². The predicted molar refractivity (Wildman–Crippen MR) is 97.9 cm³/mol. The molecule has 4 nitrogen and oxygen atoms in total. The summed E-state index contributed by atoms with van der Waals surface area (Å²) in [5, 5.41) is 0. The molecule has 5 heteroatoms. The summed E-state index contributed by atoms with van der Waals surface area (Å²) in [5.41, 5.74) is 2.49. The van der Waals surface area contributed by atoms with E-state index < -0.39 is 11.9 Å². The molecule has 1 saturated heterocycles. The molecule has 2 aromatic rings. The largest absolute Gasteiger partial charge is 0.287 e. The van der Waals surface area contributed by atoms with Gasteiger partial charge in [-0.25, -0.2) is 9.29 Å². The van der Waals surface area contributed by atoms with Crippen molar-refractivity contribution in [2.24, 2.45) is 0 Å². The van der Waals surface area contributed by atoms with Gasteiger partial charge in [0.15, 0.2) is 0 Å². The van der Waals surface area contributed by atoms with Crippen LogP contribution < -0.4 is 4.90 Å². The van der Waals surface area contributed by atoms with Gasteiger partial charge in [0.25, 0.3) is 5.91 Å². The molecule has 2 amide bonds. The van der Waals surface area contributed by atoms with Gasteiger partial charge in [0.2, 0.25) is 5.91 Å². The highest BCUT2D eigenvalue weighted by Crippen LogP contribution is 2.30. The highest BCUT2D eigenvalue weighted by atomic mass is 19.1. The molecule has 0 bridgehead atoms. The van der Waals surface area contributed by atoms with Crippen molar-refractivity contribution in [3.05, 3.63) is 72.1 Å². The molecule has 4 rings (SSSR count). The zero-order chi connectivity index (χ0) is 18.1. The van der Waals surface area contributed by atoms with Crippen LogP contribution in [-0.2, 0) is 9.59 Å². The maximum absolute atomic E-state index is 14.0. The molecule has 0 spiro atoms. The van der Waals surface area contributed by atoms with Gasteiger partial charge in [-0.15, -0.1) is 0 Å². The summed E-state index contributed by atoms with van der Waals surface area (Å²) in [6.45, 7) is 1.31. The van der Waals surface area contributed by atoms with Crippen LogP contribution in [0.2, 0.25) is 0 Å². The average Bonchev–Trinajstić information content (AvgIpc) is 2.97. The minimum atomic E-state index is -0.556. The highest BCUT2D eigenvalue weighted by molar-refractivity contribution is 6.22. The van der Waals surface area contributed by atoms with Crippen molar-refractivity contribution in [2.45, 2.75) is 18.9 Å². The Bertz CT molecular complexity index is 879. The number of halogens is 1. The van der Waals surface area contributed by atoms with Gasteiger partial charge < -0.3 is 0 Å². The minimum Gasteiger partial charge on any atom is -0.287 e. The molecule has 0 saturated carbocycles. The van der Waals surface area contributed by atoms with E-state index in [2.05, 4.69) is 18.2 Å². The van der Waals surface area contributed by atoms with E-state index in [-0.39, 0.29) is 23.9 Å². The summed E-state index contributed by atoms with van der Waals surface area (Å²) in [4.78, 5) is 28.2. The number of imide groups is 1. The number of para-hydroxylation sites is 1. The Hall–Kier alpha value is -2.79. The van der Waals surface area contributed by atoms with Crippen molar-refractivity contribution in [3.8, 4) is 0 Å². The third kappa shape index (κ3) is 2.95. The minimum absolute atomic E-state index is 0.0440. The van der Waals surface area contributed by atoms with Crippen molar-refractivity contribution in [2.75, 3.05) is 18.0 Å². The van der Waals surface area contributed by atoms with Crippen LogP contribution in [0, 0.1) is 5.82 Å². The summed E-state index contributed by atoms with van der Waals surface area (Å²) in [7, 11) is 0. The fourth-order valence-electron chi connectivity index (χ4n) is 3.67. The first-order valence-electron chi connectivity index (χ1n) is 8.75. The van der Waals surface area contributed by atoms with Crippen LogP contribution in [0.5, 0.6) is 0 Å². The quantitative estimate of drug-likeness (QED) is 0.798. The van der Waals surface area contributed by atoms with Crippen LogP contribution in [-0.4, -0.2) is 35.8 Å². The molecular formula is C21H19FN2O2. The maximum atomic E-state index is 14.0. The van der Waals surface area contributed by atoms with E-state index in [9.17, 15) is 14.0 Å². The van der Waals surface area contributed by atoms with Gasteiger partial charge in [-0.2, -0.15) is 0 Å². The molecule has 1 unspecified atom stereocenters. The second-order valence-electron chi connectivity index (χ2n) is 6.58. The van der Waals surface area contributed by atoms with E-state index in [1.54, 1.807) is 12.1 Å². The second-order valence-corrected chi connectivity index (χ2v) is 6.58. The first-order valence-corrected chi connectivity index (χ1v) is 8.75. The number of anilines is 1. The van der Waals surface area contributed by atoms with E-state index in [0.29, 0.717) is 13.1 Å². The molecule has 0 radical (unpaired) electrons. The topological polar surface area (TPSA) is 40.6 Å². The summed E-state index contributed by atoms with van der Waals surface area (Å²) in [6, 6.07) is 15.5. The van der Waals surface area contributed by atoms with Crippen LogP contribution in [0.4, 0.5) is 10.1 Å². The maximum Gasteiger partial charge on any atom is 0.251 e. The molecule has 0 aliphatic carbocycles. The van der Waals surface area contributed by atoms with Gasteiger partial charge >= 0.3 is 0 Å². The van der Waals surface area contributed by atoms with Crippen LogP contribution in [0.15, 0.2) is 60.7 Å². The number of carbonyl (C=O) groups is 2. The zero-order valence-electron chi connectivity index (χ0n) is 14.3. The number of nitrogens with zero attached hydrogens (tertiary/aromatic N) is 2. The average molecular weight is 350 g/mol. The fourth-order valence-corrected chi connectivity index (χ4v) is 3.67. The summed E-state index contributed by atoms with van der Waals surface area (Å²) >= 11 is 0. The Morgan fingerprint density at radius 2 is 1.69 bits per heavy atom. The molecule has 1 fully saturated rings. The molecule has 2 aromatic carbocycles. The highest BCUT2D eigenvalue weighted by Gasteiger charge is 2.43. The molecule has 1 atom stereocenters. The van der Waals surface area contributed by atoms with E-state index in [1.807, 2.05) is 23.1 Å². The number of carbonyl (C=O) groups excluding carboxylic acids is 2. The summed E-state index contributed by atoms with van der Waals surface area (Å²) in [5.74, 6) is -1.24. The van der Waals surface area contributed by atoms with Crippen molar-refractivity contribution in [1.82, 2.24) is 4.90 Å². The van der Waals surface area contributed by atoms with Crippen LogP contribution >= 0.6 is 0 Å². The molecule has 0 N–H and O–H groups in total. The zero-order valence-corrected chi connectivity index (χ0v) is 14.3. The fraction of sp³-hybridized carbons (Fsp3) is 0.238. The monoisotopic (exact) mass is 350 g/mol. The van der Waals surface area contributed by atoms with Crippen molar-refractivity contribution >= 4 is 23.1 Å². The second kappa shape index (κ2) is 6.84. The van der Waals surface area contributed by atoms with Crippen molar-refractivity contribution in [1.29, 1.82) is 0 Å². The first-order chi connectivity index (χ1) is 12.6. The Labute approximate surface area is 151 Å². The van der Waals surface area contributed by atoms with Gasteiger partial charge in [-0.05, 0) is 29.7 Å². The Balaban J connectivity index is 1.52. The SMILES string of the molecule is O=C1CC(N2CC=C(c3ccccc3)CC2)C(=O)N1c1ccccc1F. The number of benzene rings is 2. The molecule has 2 heterocycles. The van der Waals surface area contributed by atoms with E-state index >= 15 is 0 Å². The molecule has 2 aliphatic heterocycles. The summed E-state index contributed by atoms with van der Waals surface area (Å²) in [6.07, 6.45) is 3.03. The Morgan fingerprint density at radius 3 is 2.38 bits per heavy atom. The van der Waals surface area contributed by atoms with Crippen LogP contribution in [0.25, 0.3) is 5.57 Å². The van der Waals surface area contributed by atoms with Gasteiger partial charge in [0.05, 0.1) is 18.2 Å². The standard InChI is InChI=1S/C21H19FN2O2/c22-17-8-4-5-9-18(17)24-20(25)14-19(21(24)26)23-12-10-16(11-13-23)15-6-2-1-3-7-15/h1-10,19H,11-14H2. The number of hydrogen-bond donors (Lipinski definition) is 0. The molecule has 26 heavy (non-hydrogen) atoms. The lowest BCUT2D eigenvalue weighted by atomic mass is 9.98. The van der Waals surface area contributed by atoms with Crippen LogP contribution in [0.1, 0.15) is 18.4 Å².